The normalized spacial score (nSPS) is 14.3. The Morgan fingerprint density at radius 1 is 1.10 bits per heavy atom. The highest BCUT2D eigenvalue weighted by Gasteiger charge is 2.16. The van der Waals surface area contributed by atoms with E-state index in [1.807, 2.05) is 20.0 Å². The average molecular weight is 417 g/mol. The molecule has 0 unspecified atom stereocenters. The summed E-state index contributed by atoms with van der Waals surface area (Å²) >= 11 is 0. The number of nitrogens with zero attached hydrogens (tertiary/aromatic N) is 3. The van der Waals surface area contributed by atoms with Gasteiger partial charge in [-0.1, -0.05) is 37.5 Å². The van der Waals surface area contributed by atoms with Crippen LogP contribution in [0.4, 0.5) is 23.0 Å². The summed E-state index contributed by atoms with van der Waals surface area (Å²) in [5, 5.41) is 12.3. The number of carbonyl (C=O) groups is 1. The SMILES string of the molecule is Cc1cc(N(C)c2ccc(C3CCCCC3)cc2)ncc1Nc1cccc(C(=O)O)n1. The number of rotatable bonds is 6. The molecule has 0 aliphatic heterocycles. The zero-order valence-corrected chi connectivity index (χ0v) is 18.0. The van der Waals surface area contributed by atoms with Gasteiger partial charge in [-0.2, -0.15) is 0 Å². The average Bonchev–Trinajstić information content (AvgIpc) is 2.81. The van der Waals surface area contributed by atoms with Crippen LogP contribution >= 0.6 is 0 Å². The van der Waals surface area contributed by atoms with Crippen LogP contribution < -0.4 is 10.2 Å². The molecule has 2 heterocycles. The van der Waals surface area contributed by atoms with Crippen molar-refractivity contribution in [2.24, 2.45) is 0 Å². The summed E-state index contributed by atoms with van der Waals surface area (Å²) in [5.74, 6) is 0.974. The number of aromatic carboxylic acids is 1. The molecule has 0 bridgehead atoms. The molecule has 2 N–H and O–H groups in total. The van der Waals surface area contributed by atoms with Crippen molar-refractivity contribution in [3.8, 4) is 0 Å². The van der Waals surface area contributed by atoms with E-state index in [2.05, 4.69) is 44.5 Å². The van der Waals surface area contributed by atoms with Crippen molar-refractivity contribution in [1.29, 1.82) is 0 Å². The van der Waals surface area contributed by atoms with Gasteiger partial charge in [0.2, 0.25) is 0 Å². The van der Waals surface area contributed by atoms with E-state index in [9.17, 15) is 4.79 Å². The van der Waals surface area contributed by atoms with Crippen LogP contribution in [0.3, 0.4) is 0 Å². The third-order valence-electron chi connectivity index (χ3n) is 6.03. The molecule has 0 atom stereocenters. The van der Waals surface area contributed by atoms with E-state index in [4.69, 9.17) is 5.11 Å². The van der Waals surface area contributed by atoms with E-state index in [-0.39, 0.29) is 5.69 Å². The van der Waals surface area contributed by atoms with Crippen molar-refractivity contribution < 1.29 is 9.90 Å². The second-order valence-corrected chi connectivity index (χ2v) is 8.18. The molecule has 0 spiro atoms. The highest BCUT2D eigenvalue weighted by atomic mass is 16.4. The molecule has 0 saturated heterocycles. The molecule has 31 heavy (non-hydrogen) atoms. The van der Waals surface area contributed by atoms with Crippen molar-refractivity contribution in [2.75, 3.05) is 17.3 Å². The van der Waals surface area contributed by atoms with Crippen molar-refractivity contribution in [1.82, 2.24) is 9.97 Å². The fourth-order valence-electron chi connectivity index (χ4n) is 4.16. The number of hydrogen-bond donors (Lipinski definition) is 2. The first kappa shape index (κ1) is 20.8. The molecule has 0 amide bonds. The van der Waals surface area contributed by atoms with Gasteiger partial charge in [0.1, 0.15) is 11.6 Å². The largest absolute Gasteiger partial charge is 0.477 e. The van der Waals surface area contributed by atoms with Gasteiger partial charge in [0.25, 0.3) is 0 Å². The molecule has 4 rings (SSSR count). The number of aryl methyl sites for hydroxylation is 1. The van der Waals surface area contributed by atoms with Crippen LogP contribution in [-0.4, -0.2) is 28.1 Å². The van der Waals surface area contributed by atoms with Crippen molar-refractivity contribution in [3.05, 3.63) is 71.5 Å². The van der Waals surface area contributed by atoms with Gasteiger partial charge >= 0.3 is 5.97 Å². The smallest absolute Gasteiger partial charge is 0.354 e. The summed E-state index contributed by atoms with van der Waals surface area (Å²) in [6, 6.07) is 15.7. The van der Waals surface area contributed by atoms with Gasteiger partial charge in [-0.25, -0.2) is 14.8 Å². The van der Waals surface area contributed by atoms with Crippen LogP contribution in [0.1, 0.15) is 59.6 Å². The molecule has 1 aliphatic carbocycles. The van der Waals surface area contributed by atoms with E-state index in [0.29, 0.717) is 11.7 Å². The predicted molar refractivity (Wildman–Crippen MR) is 124 cm³/mol. The molecular weight excluding hydrogens is 388 g/mol. The first-order valence-electron chi connectivity index (χ1n) is 10.8. The molecule has 6 nitrogen and oxygen atoms in total. The first-order chi connectivity index (χ1) is 15.0. The second kappa shape index (κ2) is 9.16. The first-order valence-corrected chi connectivity index (χ1v) is 10.8. The standard InChI is InChI=1S/C25H28N4O2/c1-17-15-24(26-16-22(17)28-23-10-6-9-21(27-23)25(30)31)29(2)20-13-11-19(12-14-20)18-7-4-3-5-8-18/h6,9-16,18H,3-5,7-8H2,1-2H3,(H,27,28)(H,30,31). The van der Waals surface area contributed by atoms with Crippen LogP contribution in [0.2, 0.25) is 0 Å². The minimum absolute atomic E-state index is 0.00337. The molecule has 1 fully saturated rings. The van der Waals surface area contributed by atoms with Crippen LogP contribution in [0.5, 0.6) is 0 Å². The van der Waals surface area contributed by atoms with Crippen molar-refractivity contribution in [3.63, 3.8) is 0 Å². The van der Waals surface area contributed by atoms with Gasteiger partial charge in [0.05, 0.1) is 11.9 Å². The number of aromatic nitrogens is 2. The maximum absolute atomic E-state index is 11.1. The number of benzene rings is 1. The van der Waals surface area contributed by atoms with Crippen LogP contribution in [-0.2, 0) is 0 Å². The Morgan fingerprint density at radius 2 is 1.84 bits per heavy atom. The Balaban J connectivity index is 1.48. The Hall–Kier alpha value is -3.41. The minimum atomic E-state index is -1.05. The molecule has 3 aromatic rings. The predicted octanol–water partition coefficient (Wildman–Crippen LogP) is 6.04. The summed E-state index contributed by atoms with van der Waals surface area (Å²) in [5.41, 5.74) is 4.33. The summed E-state index contributed by atoms with van der Waals surface area (Å²) in [6.07, 6.45) is 8.40. The van der Waals surface area contributed by atoms with Gasteiger partial charge < -0.3 is 15.3 Å². The maximum Gasteiger partial charge on any atom is 0.354 e. The summed E-state index contributed by atoms with van der Waals surface area (Å²) < 4.78 is 0. The Kier molecular flexibility index (Phi) is 6.16. The minimum Gasteiger partial charge on any atom is -0.477 e. The third-order valence-corrected chi connectivity index (χ3v) is 6.03. The van der Waals surface area contributed by atoms with Gasteiger partial charge in [0.15, 0.2) is 5.69 Å². The molecule has 2 aromatic heterocycles. The molecule has 160 valence electrons. The lowest BCUT2D eigenvalue weighted by molar-refractivity contribution is 0.0690. The Labute approximate surface area is 183 Å². The van der Waals surface area contributed by atoms with Gasteiger partial charge in [0, 0.05) is 12.7 Å². The summed E-state index contributed by atoms with van der Waals surface area (Å²) in [7, 11) is 2.02. The van der Waals surface area contributed by atoms with Gasteiger partial charge in [-0.3, -0.25) is 0 Å². The molecule has 0 radical (unpaired) electrons. The quantitative estimate of drug-likeness (QED) is 0.510. The van der Waals surface area contributed by atoms with Crippen molar-refractivity contribution >= 4 is 29.0 Å². The lowest BCUT2D eigenvalue weighted by Gasteiger charge is -2.24. The maximum atomic E-state index is 11.1. The van der Waals surface area contributed by atoms with Crippen LogP contribution in [0.15, 0.2) is 54.7 Å². The summed E-state index contributed by atoms with van der Waals surface area (Å²) in [6.45, 7) is 1.99. The van der Waals surface area contributed by atoms with E-state index in [0.717, 1.165) is 22.8 Å². The van der Waals surface area contributed by atoms with Gasteiger partial charge in [-0.05, 0) is 67.1 Å². The Morgan fingerprint density at radius 3 is 2.52 bits per heavy atom. The molecule has 1 saturated carbocycles. The molecule has 6 heteroatoms. The lowest BCUT2D eigenvalue weighted by atomic mass is 9.84. The number of nitrogens with one attached hydrogen (secondary N) is 1. The highest BCUT2D eigenvalue weighted by molar-refractivity contribution is 5.86. The Bertz CT molecular complexity index is 1060. The van der Waals surface area contributed by atoms with Gasteiger partial charge in [-0.15, -0.1) is 0 Å². The van der Waals surface area contributed by atoms with E-state index < -0.39 is 5.97 Å². The molecular formula is C25H28N4O2. The van der Waals surface area contributed by atoms with E-state index in [1.165, 1.54) is 43.7 Å². The third kappa shape index (κ3) is 4.85. The van der Waals surface area contributed by atoms with Crippen molar-refractivity contribution in [2.45, 2.75) is 44.9 Å². The lowest BCUT2D eigenvalue weighted by Crippen LogP contribution is -2.12. The fraction of sp³-hybridized carbons (Fsp3) is 0.320. The monoisotopic (exact) mass is 416 g/mol. The zero-order valence-electron chi connectivity index (χ0n) is 18.0. The number of anilines is 4. The number of pyridine rings is 2. The van der Waals surface area contributed by atoms with Crippen LogP contribution in [0, 0.1) is 6.92 Å². The second-order valence-electron chi connectivity index (χ2n) is 8.18. The van der Waals surface area contributed by atoms with E-state index in [1.54, 1.807) is 18.3 Å². The number of carboxylic acids is 1. The highest BCUT2D eigenvalue weighted by Crippen LogP contribution is 2.34. The number of carboxylic acid groups (broad SMARTS) is 1. The zero-order chi connectivity index (χ0) is 21.8. The molecule has 1 aliphatic rings. The summed E-state index contributed by atoms with van der Waals surface area (Å²) in [4.78, 5) is 21.9. The van der Waals surface area contributed by atoms with Crippen LogP contribution in [0.25, 0.3) is 0 Å². The molecule has 1 aromatic carbocycles. The van der Waals surface area contributed by atoms with E-state index >= 15 is 0 Å². The fourth-order valence-corrected chi connectivity index (χ4v) is 4.16. The topological polar surface area (TPSA) is 78.4 Å². The number of hydrogen-bond acceptors (Lipinski definition) is 5.